The zero-order valence-corrected chi connectivity index (χ0v) is 20.7. The lowest BCUT2D eigenvalue weighted by atomic mass is 9.90. The lowest BCUT2D eigenvalue weighted by molar-refractivity contribution is -0.121. The van der Waals surface area contributed by atoms with Gasteiger partial charge in [-0.25, -0.2) is 9.59 Å². The van der Waals surface area contributed by atoms with E-state index in [1.54, 1.807) is 0 Å². The van der Waals surface area contributed by atoms with Gasteiger partial charge in [0, 0.05) is 25.1 Å². The van der Waals surface area contributed by atoms with Gasteiger partial charge in [0.25, 0.3) is 11.5 Å². The van der Waals surface area contributed by atoms with Crippen molar-refractivity contribution in [3.63, 3.8) is 0 Å². The van der Waals surface area contributed by atoms with E-state index in [0.29, 0.717) is 23.8 Å². The van der Waals surface area contributed by atoms with E-state index in [1.807, 2.05) is 13.0 Å². The Kier molecular flexibility index (Phi) is 8.67. The maximum atomic E-state index is 13.0. The van der Waals surface area contributed by atoms with Crippen LogP contribution in [0.3, 0.4) is 0 Å². The van der Waals surface area contributed by atoms with Crippen LogP contribution in [-0.2, 0) is 33.7 Å². The lowest BCUT2D eigenvalue weighted by Gasteiger charge is -2.24. The van der Waals surface area contributed by atoms with E-state index >= 15 is 0 Å². The average molecular weight is 493 g/mol. The first kappa shape index (κ1) is 25.7. The number of rotatable bonds is 10. The maximum absolute atomic E-state index is 13.0. The second-order valence-electron chi connectivity index (χ2n) is 8.52. The molecule has 2 aromatic rings. The zero-order chi connectivity index (χ0) is 24.8. The predicted octanol–water partition coefficient (Wildman–Crippen LogP) is 1.94. The predicted molar refractivity (Wildman–Crippen MR) is 131 cm³/mol. The largest absolute Gasteiger partial charge is 0.451 e. The summed E-state index contributed by atoms with van der Waals surface area (Å²) in [5, 5.41) is 0. The first-order chi connectivity index (χ1) is 16.3. The first-order valence-electron chi connectivity index (χ1n) is 11.5. The molecule has 2 heterocycles. The summed E-state index contributed by atoms with van der Waals surface area (Å²) < 4.78 is 11.6. The number of anilines is 2. The van der Waals surface area contributed by atoms with Crippen LogP contribution in [0.4, 0.5) is 11.5 Å². The molecule has 1 unspecified atom stereocenters. The van der Waals surface area contributed by atoms with Crippen LogP contribution in [0.5, 0.6) is 0 Å². The highest BCUT2D eigenvalue weighted by Crippen LogP contribution is 2.32. The molecule has 3 rings (SSSR count). The second kappa shape index (κ2) is 11.5. The highest BCUT2D eigenvalue weighted by molar-refractivity contribution is 7.14. The molecule has 3 N–H and O–H groups in total. The Morgan fingerprint density at radius 3 is 2.82 bits per heavy atom. The minimum Gasteiger partial charge on any atom is -0.451 e. The maximum Gasteiger partial charge on any atom is 0.348 e. The van der Waals surface area contributed by atoms with Crippen LogP contribution in [-0.4, -0.2) is 48.3 Å². The summed E-state index contributed by atoms with van der Waals surface area (Å²) in [6.07, 6.45) is 4.44. The zero-order valence-electron chi connectivity index (χ0n) is 19.8. The number of H-pyrrole nitrogens is 1. The Balaban J connectivity index is 1.79. The van der Waals surface area contributed by atoms with Crippen LogP contribution in [0.25, 0.3) is 0 Å². The SMILES string of the molecule is CCCCn1c(N)c(N(CCOC)C(=O)COC(=O)c2cc3c(s2)CCC(C)C3)c(=O)[nH]c1=O. The van der Waals surface area contributed by atoms with Gasteiger partial charge in [-0.3, -0.25) is 24.0 Å². The molecule has 0 radical (unpaired) electrons. The fraction of sp³-hybridized carbons (Fsp3) is 0.565. The number of aromatic nitrogens is 2. The topological polar surface area (TPSA) is 137 Å². The molecule has 10 nitrogen and oxygen atoms in total. The number of carbonyl (C=O) groups excluding carboxylic acids is 2. The van der Waals surface area contributed by atoms with Gasteiger partial charge in [0.2, 0.25) is 0 Å². The normalized spacial score (nSPS) is 15.1. The second-order valence-corrected chi connectivity index (χ2v) is 9.66. The lowest BCUT2D eigenvalue weighted by Crippen LogP contribution is -2.44. The van der Waals surface area contributed by atoms with Crippen molar-refractivity contribution in [3.05, 3.63) is 42.2 Å². The molecule has 2 aromatic heterocycles. The van der Waals surface area contributed by atoms with Crippen LogP contribution in [0.1, 0.15) is 53.2 Å². The van der Waals surface area contributed by atoms with E-state index in [0.717, 1.165) is 36.1 Å². The number of nitrogens with one attached hydrogen (secondary N) is 1. The number of nitrogen functional groups attached to an aromatic ring is 1. The molecule has 0 aliphatic heterocycles. The van der Waals surface area contributed by atoms with Crippen molar-refractivity contribution in [2.45, 2.75) is 52.5 Å². The Morgan fingerprint density at radius 2 is 2.12 bits per heavy atom. The standard InChI is InChI=1S/C23H32N4O6S/c1-4-5-8-27-20(24)19(21(29)25-23(27)31)26(9-10-32-3)18(28)13-33-22(30)17-12-15-11-14(2)6-7-16(15)34-17/h12,14H,4-11,13,24H2,1-3H3,(H,25,29,31). The third kappa shape index (κ3) is 5.76. The summed E-state index contributed by atoms with van der Waals surface area (Å²) in [7, 11) is 1.46. The number of ether oxygens (including phenoxy) is 2. The van der Waals surface area contributed by atoms with Gasteiger partial charge in [-0.2, -0.15) is 0 Å². The summed E-state index contributed by atoms with van der Waals surface area (Å²) in [4.78, 5) is 55.5. The molecule has 11 heteroatoms. The number of hydrogen-bond acceptors (Lipinski definition) is 8. The monoisotopic (exact) mass is 492 g/mol. The molecular weight excluding hydrogens is 460 g/mol. The molecule has 186 valence electrons. The van der Waals surface area contributed by atoms with Gasteiger partial charge in [0.15, 0.2) is 12.3 Å². The van der Waals surface area contributed by atoms with Gasteiger partial charge in [0.1, 0.15) is 10.7 Å². The van der Waals surface area contributed by atoms with E-state index in [1.165, 1.54) is 27.9 Å². The third-order valence-electron chi connectivity index (χ3n) is 5.90. The molecular formula is C23H32N4O6S. The van der Waals surface area contributed by atoms with Crippen LogP contribution >= 0.6 is 11.3 Å². The fourth-order valence-electron chi connectivity index (χ4n) is 4.00. The number of aryl methyl sites for hydroxylation is 1. The molecule has 0 fully saturated rings. The number of nitrogens with two attached hydrogens (primary N) is 1. The van der Waals surface area contributed by atoms with Gasteiger partial charge in [0.05, 0.1) is 6.61 Å². The summed E-state index contributed by atoms with van der Waals surface area (Å²) in [5.74, 6) is -0.760. The average Bonchev–Trinajstić information content (AvgIpc) is 3.22. The number of unbranched alkanes of at least 4 members (excludes halogenated alkanes) is 1. The number of carbonyl (C=O) groups is 2. The van der Waals surface area contributed by atoms with E-state index in [-0.39, 0.29) is 24.7 Å². The molecule has 0 spiro atoms. The van der Waals surface area contributed by atoms with E-state index in [9.17, 15) is 19.2 Å². The van der Waals surface area contributed by atoms with Crippen molar-refractivity contribution >= 4 is 34.7 Å². The number of fused-ring (bicyclic) bond motifs is 1. The molecule has 0 bridgehead atoms. The van der Waals surface area contributed by atoms with E-state index in [2.05, 4.69) is 11.9 Å². The summed E-state index contributed by atoms with van der Waals surface area (Å²) in [6.45, 7) is 3.98. The van der Waals surface area contributed by atoms with Gasteiger partial charge in [-0.15, -0.1) is 11.3 Å². The molecule has 0 saturated heterocycles. The summed E-state index contributed by atoms with van der Waals surface area (Å²) in [6, 6.07) is 1.84. The highest BCUT2D eigenvalue weighted by Gasteiger charge is 2.26. The van der Waals surface area contributed by atoms with Crippen molar-refractivity contribution in [3.8, 4) is 0 Å². The third-order valence-corrected chi connectivity index (χ3v) is 7.11. The molecule has 34 heavy (non-hydrogen) atoms. The van der Waals surface area contributed by atoms with Crippen molar-refractivity contribution in [1.29, 1.82) is 0 Å². The Bertz CT molecular complexity index is 1150. The summed E-state index contributed by atoms with van der Waals surface area (Å²) in [5.41, 5.74) is 5.73. The Hall–Kier alpha value is -2.92. The minimum atomic E-state index is -0.786. The molecule has 1 aliphatic rings. The molecule has 1 atom stereocenters. The molecule has 0 saturated carbocycles. The van der Waals surface area contributed by atoms with Gasteiger partial charge in [-0.1, -0.05) is 20.3 Å². The van der Waals surface area contributed by atoms with Gasteiger partial charge in [-0.05, 0) is 43.2 Å². The fourth-order valence-corrected chi connectivity index (χ4v) is 5.11. The number of hydrogen-bond donors (Lipinski definition) is 2. The Morgan fingerprint density at radius 1 is 1.35 bits per heavy atom. The molecule has 1 amide bonds. The number of esters is 1. The van der Waals surface area contributed by atoms with Gasteiger partial charge < -0.3 is 15.2 Å². The van der Waals surface area contributed by atoms with Crippen molar-refractivity contribution in [1.82, 2.24) is 9.55 Å². The smallest absolute Gasteiger partial charge is 0.348 e. The van der Waals surface area contributed by atoms with Crippen LogP contribution in [0, 0.1) is 5.92 Å². The van der Waals surface area contributed by atoms with Crippen molar-refractivity contribution in [2.75, 3.05) is 37.5 Å². The van der Waals surface area contributed by atoms with E-state index in [4.69, 9.17) is 15.2 Å². The molecule has 0 aromatic carbocycles. The quantitative estimate of drug-likeness (QED) is 0.484. The Labute approximate surface area is 201 Å². The highest BCUT2D eigenvalue weighted by atomic mass is 32.1. The van der Waals surface area contributed by atoms with Gasteiger partial charge >= 0.3 is 11.7 Å². The number of thiophene rings is 1. The number of nitrogens with zero attached hydrogens (tertiary/aromatic N) is 2. The van der Waals surface area contributed by atoms with Crippen LogP contribution in [0.15, 0.2) is 15.7 Å². The summed E-state index contributed by atoms with van der Waals surface area (Å²) >= 11 is 1.40. The number of aromatic amines is 1. The number of methoxy groups -OCH3 is 1. The molecule has 1 aliphatic carbocycles. The van der Waals surface area contributed by atoms with E-state index < -0.39 is 29.7 Å². The number of amides is 1. The van der Waals surface area contributed by atoms with Crippen LogP contribution < -0.4 is 21.9 Å². The van der Waals surface area contributed by atoms with Crippen LogP contribution in [0.2, 0.25) is 0 Å². The van der Waals surface area contributed by atoms with Crippen molar-refractivity contribution < 1.29 is 19.1 Å². The van der Waals surface area contributed by atoms with Crippen molar-refractivity contribution in [2.24, 2.45) is 5.92 Å². The minimum absolute atomic E-state index is 0.00265. The first-order valence-corrected chi connectivity index (χ1v) is 12.3.